The number of aromatic nitrogens is 1. The third-order valence-electron chi connectivity index (χ3n) is 4.45. The maximum Gasteiger partial charge on any atom is 0.283 e. The number of thioether (sulfide) groups is 2. The largest absolute Gasteiger partial charge is 0.318 e. The van der Waals surface area contributed by atoms with Gasteiger partial charge in [0.2, 0.25) is 5.17 Å². The summed E-state index contributed by atoms with van der Waals surface area (Å²) in [6.07, 6.45) is 3.64. The number of carbonyl (C=O) groups excluding carboxylic acids is 1. The molecule has 2 aromatic rings. The van der Waals surface area contributed by atoms with E-state index in [1.165, 1.54) is 28.5 Å². The number of hydrazone groups is 1. The maximum absolute atomic E-state index is 12.6. The second-order valence-corrected chi connectivity index (χ2v) is 9.16. The predicted molar refractivity (Wildman–Crippen MR) is 121 cm³/mol. The third kappa shape index (κ3) is 3.27. The molecule has 0 atom stereocenters. The van der Waals surface area contributed by atoms with Crippen LogP contribution in [0.15, 0.2) is 50.5 Å². The van der Waals surface area contributed by atoms with Crippen LogP contribution in [-0.2, 0) is 4.79 Å². The van der Waals surface area contributed by atoms with Crippen LogP contribution in [0.1, 0.15) is 17.0 Å². The van der Waals surface area contributed by atoms with E-state index in [4.69, 9.17) is 5.41 Å². The number of nitrogens with zero attached hydrogens (tertiary/aromatic N) is 4. The summed E-state index contributed by atoms with van der Waals surface area (Å²) in [5.74, 6) is -0.354. The van der Waals surface area contributed by atoms with Crippen LogP contribution in [0.3, 0.4) is 0 Å². The second kappa shape index (κ2) is 7.38. The van der Waals surface area contributed by atoms with Crippen LogP contribution in [0.5, 0.6) is 0 Å². The first-order chi connectivity index (χ1) is 13.4. The summed E-state index contributed by atoms with van der Waals surface area (Å²) in [4.78, 5) is 16.7. The smallest absolute Gasteiger partial charge is 0.283 e. The van der Waals surface area contributed by atoms with E-state index >= 15 is 0 Å². The number of amides is 1. The molecule has 1 N–H and O–H groups in total. The Hall–Kier alpha value is -2.10. The maximum atomic E-state index is 12.6. The lowest BCUT2D eigenvalue weighted by atomic mass is 10.1. The molecule has 1 amide bonds. The number of hydrogen-bond acceptors (Lipinski definition) is 5. The summed E-state index contributed by atoms with van der Waals surface area (Å²) in [6.45, 7) is 4.02. The van der Waals surface area contributed by atoms with Crippen molar-refractivity contribution in [2.75, 3.05) is 6.26 Å². The Labute approximate surface area is 179 Å². The summed E-state index contributed by atoms with van der Waals surface area (Å²) in [7, 11) is 0. The Balaban J connectivity index is 1.76. The zero-order chi connectivity index (χ0) is 20.0. The van der Waals surface area contributed by atoms with E-state index in [1.54, 1.807) is 6.08 Å². The molecule has 1 aromatic carbocycles. The first kappa shape index (κ1) is 19.2. The zero-order valence-corrected chi connectivity index (χ0v) is 18.6. The van der Waals surface area contributed by atoms with Gasteiger partial charge >= 0.3 is 0 Å². The van der Waals surface area contributed by atoms with Crippen LogP contribution in [0.25, 0.3) is 11.8 Å². The molecule has 3 heterocycles. The van der Waals surface area contributed by atoms with Gasteiger partial charge in [-0.1, -0.05) is 22.0 Å². The van der Waals surface area contributed by atoms with Crippen LogP contribution in [-0.4, -0.2) is 37.1 Å². The normalized spacial score (nSPS) is 17.9. The average Bonchev–Trinajstić information content (AvgIpc) is 3.19. The number of benzene rings is 1. The van der Waals surface area contributed by atoms with E-state index in [2.05, 4.69) is 30.6 Å². The van der Waals surface area contributed by atoms with E-state index in [9.17, 15) is 4.79 Å². The SMILES string of the molecule is CSC1=NN2C(=N)/C(=C/c3cc(C)n(-c4cccc(Br)c4)c3C)C(=O)N=C2S1. The number of nitrogens with one attached hydrogen (secondary N) is 1. The van der Waals surface area contributed by atoms with Gasteiger partial charge in [0.15, 0.2) is 10.2 Å². The van der Waals surface area contributed by atoms with E-state index in [0.29, 0.717) is 5.17 Å². The van der Waals surface area contributed by atoms with Gasteiger partial charge in [-0.3, -0.25) is 10.2 Å². The molecule has 1 aromatic heterocycles. The van der Waals surface area contributed by atoms with Crippen molar-refractivity contribution in [2.45, 2.75) is 13.8 Å². The fourth-order valence-electron chi connectivity index (χ4n) is 3.16. The van der Waals surface area contributed by atoms with Crippen molar-refractivity contribution in [1.29, 1.82) is 5.41 Å². The van der Waals surface area contributed by atoms with Crippen LogP contribution < -0.4 is 0 Å². The average molecular weight is 474 g/mol. The molecule has 9 heteroatoms. The molecular weight excluding hydrogens is 458 g/mol. The van der Waals surface area contributed by atoms with Crippen molar-refractivity contribution >= 4 is 66.8 Å². The van der Waals surface area contributed by atoms with E-state index in [-0.39, 0.29) is 11.4 Å². The van der Waals surface area contributed by atoms with E-state index < -0.39 is 5.91 Å². The molecule has 0 spiro atoms. The molecule has 0 radical (unpaired) electrons. The molecule has 2 aliphatic rings. The Morgan fingerprint density at radius 2 is 2.07 bits per heavy atom. The van der Waals surface area contributed by atoms with Crippen LogP contribution in [0.2, 0.25) is 0 Å². The minimum Gasteiger partial charge on any atom is -0.318 e. The number of aryl methyl sites for hydroxylation is 1. The number of fused-ring (bicyclic) bond motifs is 1. The van der Waals surface area contributed by atoms with Crippen molar-refractivity contribution in [3.63, 3.8) is 0 Å². The second-order valence-electron chi connectivity index (χ2n) is 6.23. The van der Waals surface area contributed by atoms with Gasteiger partial charge in [0, 0.05) is 21.5 Å². The molecule has 2 aliphatic heterocycles. The molecule has 142 valence electrons. The van der Waals surface area contributed by atoms with Gasteiger partial charge in [0.25, 0.3) is 5.91 Å². The van der Waals surface area contributed by atoms with Gasteiger partial charge in [-0.05, 0) is 67.8 Å². The summed E-state index contributed by atoms with van der Waals surface area (Å²) in [5, 5.41) is 14.7. The van der Waals surface area contributed by atoms with Gasteiger partial charge in [-0.2, -0.15) is 10.0 Å². The molecule has 0 bridgehead atoms. The van der Waals surface area contributed by atoms with Crippen molar-refractivity contribution in [2.24, 2.45) is 10.1 Å². The number of amidine groups is 2. The summed E-state index contributed by atoms with van der Waals surface area (Å²) < 4.78 is 3.89. The number of halogens is 1. The van der Waals surface area contributed by atoms with Gasteiger partial charge in [-0.25, -0.2) is 0 Å². The van der Waals surface area contributed by atoms with Gasteiger partial charge in [0.1, 0.15) is 0 Å². The Bertz CT molecular complexity index is 1120. The van der Waals surface area contributed by atoms with Crippen molar-refractivity contribution in [3.05, 3.63) is 57.3 Å². The molecule has 0 saturated carbocycles. The minimum absolute atomic E-state index is 0.0545. The fourth-order valence-corrected chi connectivity index (χ4v) is 4.89. The fraction of sp³-hybridized carbons (Fsp3) is 0.158. The highest BCUT2D eigenvalue weighted by Gasteiger charge is 2.35. The third-order valence-corrected chi connectivity index (χ3v) is 6.82. The van der Waals surface area contributed by atoms with Gasteiger partial charge < -0.3 is 4.57 Å². The Kier molecular flexibility index (Phi) is 5.07. The number of carbonyl (C=O) groups is 1. The summed E-state index contributed by atoms with van der Waals surface area (Å²) >= 11 is 6.29. The topological polar surface area (TPSA) is 73.8 Å². The molecule has 4 rings (SSSR count). The van der Waals surface area contributed by atoms with Crippen LogP contribution in [0, 0.1) is 19.3 Å². The van der Waals surface area contributed by atoms with Crippen molar-refractivity contribution in [1.82, 2.24) is 9.58 Å². The Morgan fingerprint density at radius 1 is 1.29 bits per heavy atom. The molecule has 28 heavy (non-hydrogen) atoms. The number of hydrogen-bond donors (Lipinski definition) is 1. The minimum atomic E-state index is -0.409. The summed E-state index contributed by atoms with van der Waals surface area (Å²) in [6, 6.07) is 10.1. The summed E-state index contributed by atoms with van der Waals surface area (Å²) in [5.41, 5.74) is 4.18. The Morgan fingerprint density at radius 3 is 2.79 bits per heavy atom. The first-order valence-electron chi connectivity index (χ1n) is 8.38. The highest BCUT2D eigenvalue weighted by atomic mass is 79.9. The molecule has 0 aliphatic carbocycles. The highest BCUT2D eigenvalue weighted by molar-refractivity contribution is 9.10. The van der Waals surface area contributed by atoms with E-state index in [0.717, 1.165) is 31.5 Å². The van der Waals surface area contributed by atoms with Gasteiger partial charge in [-0.15, -0.1) is 16.9 Å². The van der Waals surface area contributed by atoms with Crippen molar-refractivity contribution in [3.8, 4) is 5.69 Å². The monoisotopic (exact) mass is 473 g/mol. The lowest BCUT2D eigenvalue weighted by molar-refractivity contribution is -0.114. The quantitative estimate of drug-likeness (QED) is 0.635. The van der Waals surface area contributed by atoms with Crippen LogP contribution >= 0.6 is 39.5 Å². The standard InChI is InChI=1S/C19H16BrN5OS2/c1-10-7-12(11(2)24(10)14-6-4-5-13(20)9-14)8-15-16(21)25-18(22-17(15)26)28-19(23-25)27-3/h4-9,21H,1-3H3/b15-8-,21-16?. The van der Waals surface area contributed by atoms with Gasteiger partial charge in [0.05, 0.1) is 5.57 Å². The zero-order valence-electron chi connectivity index (χ0n) is 15.4. The van der Waals surface area contributed by atoms with E-state index in [1.807, 2.05) is 50.4 Å². The molecule has 0 fully saturated rings. The lowest BCUT2D eigenvalue weighted by Crippen LogP contribution is -2.35. The molecule has 0 unspecified atom stereocenters. The lowest BCUT2D eigenvalue weighted by Gasteiger charge is -2.20. The highest BCUT2D eigenvalue weighted by Crippen LogP contribution is 2.32. The predicted octanol–water partition coefficient (Wildman–Crippen LogP) is 4.80. The first-order valence-corrected chi connectivity index (χ1v) is 11.2. The molecule has 6 nitrogen and oxygen atoms in total. The number of rotatable bonds is 2. The van der Waals surface area contributed by atoms with Crippen LogP contribution in [0.4, 0.5) is 0 Å². The number of aliphatic imine (C=N–C) groups is 1. The molecular formula is C19H16BrN5OS2. The van der Waals surface area contributed by atoms with Crippen molar-refractivity contribution < 1.29 is 4.79 Å². The molecule has 0 saturated heterocycles.